The van der Waals surface area contributed by atoms with Gasteiger partial charge in [-0.05, 0) is 31.1 Å². The summed E-state index contributed by atoms with van der Waals surface area (Å²) >= 11 is 0. The molecule has 0 spiro atoms. The second-order valence-electron chi connectivity index (χ2n) is 6.58. The Labute approximate surface area is 116 Å². The predicted molar refractivity (Wildman–Crippen MR) is 74.7 cm³/mol. The molecule has 19 heavy (non-hydrogen) atoms. The molecule has 0 aromatic carbocycles. The third-order valence-electron chi connectivity index (χ3n) is 3.61. The summed E-state index contributed by atoms with van der Waals surface area (Å²) in [6.07, 6.45) is 1.88. The molecule has 110 valence electrons. The van der Waals surface area contributed by atoms with Crippen molar-refractivity contribution in [3.8, 4) is 0 Å². The minimum Gasteiger partial charge on any atom is -0.481 e. The minimum absolute atomic E-state index is 0.0846. The Balaban J connectivity index is 2.63. The molecule has 0 aromatic heterocycles. The van der Waals surface area contributed by atoms with E-state index in [1.807, 2.05) is 4.90 Å². The predicted octanol–water partition coefficient (Wildman–Crippen LogP) is 2.63. The maximum absolute atomic E-state index is 12.5. The molecule has 0 aliphatic heterocycles. The van der Waals surface area contributed by atoms with Crippen LogP contribution in [0.25, 0.3) is 0 Å². The van der Waals surface area contributed by atoms with Crippen molar-refractivity contribution < 1.29 is 14.7 Å². The minimum atomic E-state index is -0.755. The molecule has 1 aliphatic carbocycles. The molecule has 2 atom stereocenters. The van der Waals surface area contributed by atoms with E-state index in [2.05, 4.69) is 27.7 Å². The Morgan fingerprint density at radius 2 is 1.53 bits per heavy atom. The van der Waals surface area contributed by atoms with E-state index >= 15 is 0 Å². The Morgan fingerprint density at radius 3 is 1.89 bits per heavy atom. The maximum atomic E-state index is 12.5. The van der Waals surface area contributed by atoms with Gasteiger partial charge in [-0.3, -0.25) is 9.59 Å². The van der Waals surface area contributed by atoms with Crippen LogP contribution in [0.1, 0.15) is 47.0 Å². The molecule has 1 N–H and O–H groups in total. The standard InChI is InChI=1S/C15H27NO3/c1-10(2)8-16(9-11(3)4)14(17)12-5-6-13(7-12)15(18)19/h10-13H,5-9H2,1-4H3,(H,18,19)/t12-,13+/m1/s1. The third kappa shape index (κ3) is 4.84. The monoisotopic (exact) mass is 269 g/mol. The SMILES string of the molecule is CC(C)CN(CC(C)C)C(=O)[C@@H]1CC[C@H](C(=O)O)C1. The smallest absolute Gasteiger partial charge is 0.306 e. The summed E-state index contributed by atoms with van der Waals surface area (Å²) < 4.78 is 0. The Kier molecular flexibility index (Phi) is 5.83. The summed E-state index contributed by atoms with van der Waals surface area (Å²) in [4.78, 5) is 25.4. The summed E-state index contributed by atoms with van der Waals surface area (Å²) in [6.45, 7) is 9.96. The van der Waals surface area contributed by atoms with Crippen LogP contribution in [0.15, 0.2) is 0 Å². The fourth-order valence-electron chi connectivity index (χ4n) is 2.82. The molecule has 4 heteroatoms. The van der Waals surface area contributed by atoms with Gasteiger partial charge in [-0.1, -0.05) is 27.7 Å². The molecule has 4 nitrogen and oxygen atoms in total. The van der Waals surface area contributed by atoms with Crippen LogP contribution in [0.5, 0.6) is 0 Å². The fraction of sp³-hybridized carbons (Fsp3) is 0.867. The first kappa shape index (κ1) is 16.0. The van der Waals surface area contributed by atoms with Gasteiger partial charge in [0, 0.05) is 19.0 Å². The highest BCUT2D eigenvalue weighted by Crippen LogP contribution is 2.32. The van der Waals surface area contributed by atoms with Gasteiger partial charge >= 0.3 is 5.97 Å². The van der Waals surface area contributed by atoms with E-state index in [0.29, 0.717) is 24.7 Å². The Hall–Kier alpha value is -1.06. The Bertz CT molecular complexity index is 315. The highest BCUT2D eigenvalue weighted by Gasteiger charge is 2.36. The van der Waals surface area contributed by atoms with Crippen molar-refractivity contribution in [3.63, 3.8) is 0 Å². The zero-order valence-corrected chi connectivity index (χ0v) is 12.6. The average molecular weight is 269 g/mol. The van der Waals surface area contributed by atoms with Gasteiger partial charge < -0.3 is 10.0 Å². The molecule has 0 unspecified atom stereocenters. The van der Waals surface area contributed by atoms with Crippen LogP contribution in [0.4, 0.5) is 0 Å². The van der Waals surface area contributed by atoms with E-state index in [4.69, 9.17) is 5.11 Å². The quantitative estimate of drug-likeness (QED) is 0.806. The zero-order valence-electron chi connectivity index (χ0n) is 12.6. The van der Waals surface area contributed by atoms with Crippen molar-refractivity contribution in [2.75, 3.05) is 13.1 Å². The molecule has 1 saturated carbocycles. The molecule has 1 fully saturated rings. The van der Waals surface area contributed by atoms with Crippen LogP contribution in [0, 0.1) is 23.7 Å². The topological polar surface area (TPSA) is 57.6 Å². The lowest BCUT2D eigenvalue weighted by Gasteiger charge is -2.29. The van der Waals surface area contributed by atoms with Crippen molar-refractivity contribution in [3.05, 3.63) is 0 Å². The van der Waals surface area contributed by atoms with E-state index < -0.39 is 5.97 Å². The van der Waals surface area contributed by atoms with Crippen molar-refractivity contribution in [2.45, 2.75) is 47.0 Å². The zero-order chi connectivity index (χ0) is 14.6. The largest absolute Gasteiger partial charge is 0.481 e. The normalized spacial score (nSPS) is 23.1. The van der Waals surface area contributed by atoms with Crippen LogP contribution in [-0.2, 0) is 9.59 Å². The molecule has 1 rings (SSSR count). The lowest BCUT2D eigenvalue weighted by molar-refractivity contribution is -0.141. The molecule has 0 aromatic rings. The van der Waals surface area contributed by atoms with Gasteiger partial charge in [-0.15, -0.1) is 0 Å². The average Bonchev–Trinajstić information content (AvgIpc) is 2.75. The molecule has 0 saturated heterocycles. The van der Waals surface area contributed by atoms with Gasteiger partial charge in [-0.25, -0.2) is 0 Å². The summed E-state index contributed by atoms with van der Waals surface area (Å²) in [7, 11) is 0. The number of hydrogen-bond acceptors (Lipinski definition) is 2. The molecule has 0 bridgehead atoms. The van der Waals surface area contributed by atoms with Crippen LogP contribution < -0.4 is 0 Å². The number of aliphatic carboxylic acids is 1. The van der Waals surface area contributed by atoms with Gasteiger partial charge in [0.05, 0.1) is 5.92 Å². The van der Waals surface area contributed by atoms with E-state index in [1.165, 1.54) is 0 Å². The molecule has 0 heterocycles. The lowest BCUT2D eigenvalue weighted by Crippen LogP contribution is -2.40. The van der Waals surface area contributed by atoms with Crippen LogP contribution in [-0.4, -0.2) is 35.0 Å². The third-order valence-corrected chi connectivity index (χ3v) is 3.61. The second kappa shape index (κ2) is 6.92. The molecular weight excluding hydrogens is 242 g/mol. The highest BCUT2D eigenvalue weighted by atomic mass is 16.4. The van der Waals surface area contributed by atoms with Crippen molar-refractivity contribution in [2.24, 2.45) is 23.7 Å². The second-order valence-corrected chi connectivity index (χ2v) is 6.58. The van der Waals surface area contributed by atoms with Crippen molar-refractivity contribution in [1.29, 1.82) is 0 Å². The first-order valence-corrected chi connectivity index (χ1v) is 7.32. The van der Waals surface area contributed by atoms with Gasteiger partial charge in [0.2, 0.25) is 5.91 Å². The highest BCUT2D eigenvalue weighted by molar-refractivity contribution is 5.81. The molecular formula is C15H27NO3. The van der Waals surface area contributed by atoms with Gasteiger partial charge in [0.15, 0.2) is 0 Å². The fourth-order valence-corrected chi connectivity index (χ4v) is 2.82. The number of carbonyl (C=O) groups is 2. The van der Waals surface area contributed by atoms with Gasteiger partial charge in [0.25, 0.3) is 0 Å². The summed E-state index contributed by atoms with van der Waals surface area (Å²) in [5, 5.41) is 9.02. The number of nitrogens with zero attached hydrogens (tertiary/aromatic N) is 1. The molecule has 1 aliphatic rings. The number of hydrogen-bond donors (Lipinski definition) is 1. The Morgan fingerprint density at radius 1 is 1.05 bits per heavy atom. The van der Waals surface area contributed by atoms with E-state index in [1.54, 1.807) is 0 Å². The number of carboxylic acids is 1. The van der Waals surface area contributed by atoms with Gasteiger partial charge in [-0.2, -0.15) is 0 Å². The lowest BCUT2D eigenvalue weighted by atomic mass is 10.0. The van der Waals surface area contributed by atoms with E-state index in [0.717, 1.165) is 19.5 Å². The first-order valence-electron chi connectivity index (χ1n) is 7.32. The van der Waals surface area contributed by atoms with Crippen LogP contribution in [0.3, 0.4) is 0 Å². The molecule has 0 radical (unpaired) electrons. The van der Waals surface area contributed by atoms with E-state index in [-0.39, 0.29) is 17.7 Å². The molecule has 1 amide bonds. The van der Waals surface area contributed by atoms with Crippen molar-refractivity contribution >= 4 is 11.9 Å². The van der Waals surface area contributed by atoms with Gasteiger partial charge in [0.1, 0.15) is 0 Å². The van der Waals surface area contributed by atoms with E-state index in [9.17, 15) is 9.59 Å². The first-order chi connectivity index (χ1) is 8.81. The van der Waals surface area contributed by atoms with Crippen LogP contribution in [0.2, 0.25) is 0 Å². The number of amides is 1. The summed E-state index contributed by atoms with van der Waals surface area (Å²) in [6, 6.07) is 0. The van der Waals surface area contributed by atoms with Crippen molar-refractivity contribution in [1.82, 2.24) is 4.90 Å². The maximum Gasteiger partial charge on any atom is 0.306 e. The summed E-state index contributed by atoms with van der Waals surface area (Å²) in [5.41, 5.74) is 0. The van der Waals surface area contributed by atoms with Crippen LogP contribution >= 0.6 is 0 Å². The number of carboxylic acid groups (broad SMARTS) is 1. The summed E-state index contributed by atoms with van der Waals surface area (Å²) in [5.74, 6) is -0.119. The number of carbonyl (C=O) groups excluding carboxylic acids is 1. The number of rotatable bonds is 6.